The van der Waals surface area contributed by atoms with Crippen molar-refractivity contribution in [2.45, 2.75) is 38.8 Å². The number of aryl methyl sites for hydroxylation is 1. The van der Waals surface area contributed by atoms with E-state index in [-0.39, 0.29) is 17.7 Å². The van der Waals surface area contributed by atoms with Crippen LogP contribution in [0, 0.1) is 6.92 Å². The van der Waals surface area contributed by atoms with Crippen LogP contribution in [0.3, 0.4) is 0 Å². The van der Waals surface area contributed by atoms with Crippen LogP contribution in [-0.4, -0.2) is 42.3 Å². The van der Waals surface area contributed by atoms with Crippen molar-refractivity contribution < 1.29 is 18.8 Å². The molecule has 0 aromatic carbocycles. The summed E-state index contributed by atoms with van der Waals surface area (Å²) in [6, 6.07) is 0.882. The number of carbonyl (C=O) groups excluding carboxylic acids is 2. The van der Waals surface area contributed by atoms with E-state index in [1.54, 1.807) is 13.8 Å². The average Bonchev–Trinajstić information content (AvgIpc) is 3.06. The van der Waals surface area contributed by atoms with Gasteiger partial charge in [-0.25, -0.2) is 0 Å². The summed E-state index contributed by atoms with van der Waals surface area (Å²) in [6.07, 6.45) is 2.07. The molecule has 1 aliphatic heterocycles. The maximum Gasteiger partial charge on any atom is 0.274 e. The van der Waals surface area contributed by atoms with Crippen molar-refractivity contribution >= 4 is 11.8 Å². The van der Waals surface area contributed by atoms with Crippen LogP contribution in [0.25, 0.3) is 0 Å². The highest BCUT2D eigenvalue weighted by atomic mass is 16.5. The molecule has 1 saturated heterocycles. The Morgan fingerprint density at radius 1 is 1.55 bits per heavy atom. The minimum absolute atomic E-state index is 0.0834. The predicted octanol–water partition coefficient (Wildman–Crippen LogP) is 0.397. The van der Waals surface area contributed by atoms with E-state index in [0.717, 1.165) is 19.4 Å². The molecule has 0 bridgehead atoms. The summed E-state index contributed by atoms with van der Waals surface area (Å²) in [5, 5.41) is 8.93. The number of ether oxygens (including phenoxy) is 1. The normalized spacial score (nSPS) is 19.6. The molecule has 2 N–H and O–H groups in total. The summed E-state index contributed by atoms with van der Waals surface area (Å²) in [6.45, 7) is 4.54. The molecule has 1 fully saturated rings. The monoisotopic (exact) mass is 281 g/mol. The van der Waals surface area contributed by atoms with Gasteiger partial charge in [-0.15, -0.1) is 0 Å². The first-order valence-electron chi connectivity index (χ1n) is 6.70. The zero-order valence-corrected chi connectivity index (χ0v) is 11.6. The van der Waals surface area contributed by atoms with E-state index in [1.165, 1.54) is 6.07 Å². The lowest BCUT2D eigenvalue weighted by Crippen LogP contribution is -2.46. The Morgan fingerprint density at radius 2 is 2.35 bits per heavy atom. The Kier molecular flexibility index (Phi) is 4.73. The van der Waals surface area contributed by atoms with Crippen LogP contribution >= 0.6 is 0 Å². The highest BCUT2D eigenvalue weighted by Gasteiger charge is 2.21. The van der Waals surface area contributed by atoms with Crippen molar-refractivity contribution in [2.75, 3.05) is 13.2 Å². The fourth-order valence-corrected chi connectivity index (χ4v) is 1.98. The number of carbonyl (C=O) groups is 2. The smallest absolute Gasteiger partial charge is 0.274 e. The number of hydrogen-bond acceptors (Lipinski definition) is 5. The van der Waals surface area contributed by atoms with Gasteiger partial charge in [-0.1, -0.05) is 5.16 Å². The van der Waals surface area contributed by atoms with Crippen molar-refractivity contribution in [1.82, 2.24) is 15.8 Å². The van der Waals surface area contributed by atoms with Crippen LogP contribution in [0.15, 0.2) is 10.6 Å². The second-order valence-electron chi connectivity index (χ2n) is 4.90. The van der Waals surface area contributed by atoms with Crippen molar-refractivity contribution in [1.29, 1.82) is 0 Å². The van der Waals surface area contributed by atoms with Crippen LogP contribution in [-0.2, 0) is 9.53 Å². The van der Waals surface area contributed by atoms with Gasteiger partial charge in [0, 0.05) is 19.2 Å². The number of nitrogens with zero attached hydrogens (tertiary/aromatic N) is 1. The van der Waals surface area contributed by atoms with Gasteiger partial charge in [-0.05, 0) is 26.7 Å². The Morgan fingerprint density at radius 3 is 2.95 bits per heavy atom. The fraction of sp³-hybridized carbons (Fsp3) is 0.615. The molecule has 20 heavy (non-hydrogen) atoms. The van der Waals surface area contributed by atoms with Gasteiger partial charge in [0.25, 0.3) is 5.91 Å². The Labute approximate surface area is 117 Å². The van der Waals surface area contributed by atoms with Crippen LogP contribution in [0.4, 0.5) is 0 Å². The molecule has 0 spiro atoms. The van der Waals surface area contributed by atoms with Gasteiger partial charge in [-0.3, -0.25) is 9.59 Å². The van der Waals surface area contributed by atoms with Crippen LogP contribution in [0.5, 0.6) is 0 Å². The molecule has 110 valence electrons. The highest BCUT2D eigenvalue weighted by Crippen LogP contribution is 2.10. The molecule has 7 heteroatoms. The number of hydrogen-bond donors (Lipinski definition) is 2. The molecule has 2 atom stereocenters. The van der Waals surface area contributed by atoms with Crippen molar-refractivity contribution in [3.8, 4) is 0 Å². The molecule has 1 aromatic heterocycles. The minimum atomic E-state index is -0.638. The summed E-state index contributed by atoms with van der Waals surface area (Å²) in [4.78, 5) is 23.6. The quantitative estimate of drug-likeness (QED) is 0.814. The average molecular weight is 281 g/mol. The summed E-state index contributed by atoms with van der Waals surface area (Å²) in [5.74, 6) is -0.124. The molecule has 1 aromatic rings. The minimum Gasteiger partial charge on any atom is -0.376 e. The Balaban J connectivity index is 1.76. The lowest BCUT2D eigenvalue weighted by molar-refractivity contribution is -0.123. The Hall–Kier alpha value is -1.89. The third kappa shape index (κ3) is 3.80. The molecular formula is C13H19N3O4. The largest absolute Gasteiger partial charge is 0.376 e. The summed E-state index contributed by atoms with van der Waals surface area (Å²) >= 11 is 0. The highest BCUT2D eigenvalue weighted by molar-refractivity contribution is 5.95. The molecule has 0 aliphatic carbocycles. The van der Waals surface area contributed by atoms with Gasteiger partial charge in [0.15, 0.2) is 5.69 Å². The second-order valence-corrected chi connectivity index (χ2v) is 4.90. The fourth-order valence-electron chi connectivity index (χ4n) is 1.98. The lowest BCUT2D eigenvalue weighted by atomic mass is 10.2. The molecule has 0 saturated carbocycles. The molecular weight excluding hydrogens is 262 g/mol. The maximum absolute atomic E-state index is 11.8. The van der Waals surface area contributed by atoms with Gasteiger partial charge >= 0.3 is 0 Å². The van der Waals surface area contributed by atoms with Crippen molar-refractivity contribution in [3.05, 3.63) is 17.5 Å². The summed E-state index contributed by atoms with van der Waals surface area (Å²) < 4.78 is 10.2. The topological polar surface area (TPSA) is 93.5 Å². The molecule has 2 unspecified atom stereocenters. The van der Waals surface area contributed by atoms with E-state index in [1.807, 2.05) is 0 Å². The first-order chi connectivity index (χ1) is 9.56. The van der Waals surface area contributed by atoms with E-state index < -0.39 is 11.9 Å². The number of nitrogens with one attached hydrogen (secondary N) is 2. The van der Waals surface area contributed by atoms with Crippen LogP contribution in [0.1, 0.15) is 36.0 Å². The van der Waals surface area contributed by atoms with E-state index in [9.17, 15) is 9.59 Å². The van der Waals surface area contributed by atoms with E-state index in [0.29, 0.717) is 12.3 Å². The van der Waals surface area contributed by atoms with E-state index in [4.69, 9.17) is 9.26 Å². The Bertz CT molecular complexity index is 480. The first kappa shape index (κ1) is 14.5. The third-order valence-electron chi connectivity index (χ3n) is 3.13. The van der Waals surface area contributed by atoms with Gasteiger partial charge in [0.1, 0.15) is 11.8 Å². The van der Waals surface area contributed by atoms with E-state index in [2.05, 4.69) is 15.8 Å². The van der Waals surface area contributed by atoms with Gasteiger partial charge in [-0.2, -0.15) is 0 Å². The molecule has 1 aliphatic rings. The van der Waals surface area contributed by atoms with Gasteiger partial charge in [0.05, 0.1) is 6.10 Å². The summed E-state index contributed by atoms with van der Waals surface area (Å²) in [7, 11) is 0. The van der Waals surface area contributed by atoms with Crippen molar-refractivity contribution in [3.63, 3.8) is 0 Å². The summed E-state index contributed by atoms with van der Waals surface area (Å²) in [5.41, 5.74) is 0.168. The molecule has 2 amide bonds. The van der Waals surface area contributed by atoms with E-state index >= 15 is 0 Å². The molecule has 2 heterocycles. The maximum atomic E-state index is 11.8. The van der Waals surface area contributed by atoms with Crippen LogP contribution in [0.2, 0.25) is 0 Å². The molecule has 2 rings (SSSR count). The number of rotatable bonds is 5. The SMILES string of the molecule is Cc1cc(C(=O)NC(C)C(=O)NCC2CCCO2)no1. The first-order valence-corrected chi connectivity index (χ1v) is 6.70. The zero-order valence-electron chi connectivity index (χ0n) is 11.6. The van der Waals surface area contributed by atoms with Gasteiger partial charge < -0.3 is 19.9 Å². The van der Waals surface area contributed by atoms with Gasteiger partial charge in [0.2, 0.25) is 5.91 Å². The lowest BCUT2D eigenvalue weighted by Gasteiger charge is -2.15. The van der Waals surface area contributed by atoms with Crippen LogP contribution < -0.4 is 10.6 Å². The zero-order chi connectivity index (χ0) is 14.5. The molecule has 0 radical (unpaired) electrons. The van der Waals surface area contributed by atoms with Crippen molar-refractivity contribution in [2.24, 2.45) is 0 Å². The predicted molar refractivity (Wildman–Crippen MR) is 70.2 cm³/mol. The third-order valence-corrected chi connectivity index (χ3v) is 3.13. The second kappa shape index (κ2) is 6.51. The molecule has 7 nitrogen and oxygen atoms in total. The standard InChI is InChI=1S/C13H19N3O4/c1-8-6-11(16-20-8)13(18)15-9(2)12(17)14-7-10-4-3-5-19-10/h6,9-10H,3-5,7H2,1-2H3,(H,14,17)(H,15,18). The number of aromatic nitrogens is 1. The number of amides is 2.